The Morgan fingerprint density at radius 3 is 1.65 bits per heavy atom. The number of allylic oxidation sites excluding steroid dienone is 12. The molecule has 0 aliphatic rings. The molecule has 6 nitrogen and oxygen atoms in total. The zero-order valence-electron chi connectivity index (χ0n) is 37.2. The third kappa shape index (κ3) is 39.9. The molecule has 328 valence electrons. The van der Waals surface area contributed by atoms with Crippen molar-refractivity contribution in [3.05, 3.63) is 72.9 Å². The van der Waals surface area contributed by atoms with Crippen LogP contribution < -0.4 is 5.32 Å². The molecule has 3 unspecified atom stereocenters. The summed E-state index contributed by atoms with van der Waals surface area (Å²) < 4.78 is 5.87. The van der Waals surface area contributed by atoms with Crippen molar-refractivity contribution in [3.8, 4) is 0 Å². The van der Waals surface area contributed by atoms with E-state index in [1.165, 1.54) is 89.9 Å². The minimum atomic E-state index is -0.807. The summed E-state index contributed by atoms with van der Waals surface area (Å²) in [6, 6.07) is -0.725. The van der Waals surface area contributed by atoms with Gasteiger partial charge in [-0.3, -0.25) is 9.59 Å². The number of amides is 1. The molecular formula is C51H89NO5. The van der Waals surface area contributed by atoms with Gasteiger partial charge in [0.2, 0.25) is 5.91 Å². The molecule has 0 aromatic rings. The van der Waals surface area contributed by atoms with E-state index in [-0.39, 0.29) is 24.9 Å². The number of aliphatic hydroxyl groups excluding tert-OH is 2. The van der Waals surface area contributed by atoms with Gasteiger partial charge in [-0.2, -0.15) is 0 Å². The molecule has 1 amide bonds. The zero-order valence-corrected chi connectivity index (χ0v) is 37.2. The number of ether oxygens (including phenoxy) is 1. The highest BCUT2D eigenvalue weighted by atomic mass is 16.5. The number of nitrogens with one attached hydrogen (secondary N) is 1. The molecule has 0 rings (SSSR count). The topological polar surface area (TPSA) is 95.9 Å². The Morgan fingerprint density at radius 1 is 0.544 bits per heavy atom. The van der Waals surface area contributed by atoms with Crippen LogP contribution in [0.3, 0.4) is 0 Å². The molecule has 0 spiro atoms. The van der Waals surface area contributed by atoms with E-state index in [0.717, 1.165) is 77.0 Å². The van der Waals surface area contributed by atoms with Crippen LogP contribution in [0.4, 0.5) is 0 Å². The van der Waals surface area contributed by atoms with Crippen LogP contribution in [0.2, 0.25) is 0 Å². The van der Waals surface area contributed by atoms with Crippen molar-refractivity contribution in [2.24, 2.45) is 0 Å². The number of hydrogen-bond donors (Lipinski definition) is 3. The second kappa shape index (κ2) is 44.4. The van der Waals surface area contributed by atoms with E-state index in [4.69, 9.17) is 4.74 Å². The lowest BCUT2D eigenvalue weighted by molar-refractivity contribution is -0.151. The highest BCUT2D eigenvalue weighted by Gasteiger charge is 2.24. The van der Waals surface area contributed by atoms with Crippen molar-refractivity contribution in [3.63, 3.8) is 0 Å². The maximum Gasteiger partial charge on any atom is 0.306 e. The largest absolute Gasteiger partial charge is 0.462 e. The van der Waals surface area contributed by atoms with Crippen LogP contribution in [0, 0.1) is 0 Å². The molecule has 0 saturated carbocycles. The van der Waals surface area contributed by atoms with Crippen LogP contribution in [0.5, 0.6) is 0 Å². The van der Waals surface area contributed by atoms with Gasteiger partial charge in [0.25, 0.3) is 0 Å². The first-order valence-corrected chi connectivity index (χ1v) is 23.7. The summed E-state index contributed by atoms with van der Waals surface area (Å²) in [6.07, 6.45) is 55.4. The lowest BCUT2D eigenvalue weighted by Gasteiger charge is -2.24. The average molecular weight is 796 g/mol. The predicted octanol–water partition coefficient (Wildman–Crippen LogP) is 13.8. The number of rotatable bonds is 41. The fraction of sp³-hybridized carbons (Fsp3) is 0.725. The summed E-state index contributed by atoms with van der Waals surface area (Å²) in [5.41, 5.74) is 0. The van der Waals surface area contributed by atoms with Crippen molar-refractivity contribution in [1.29, 1.82) is 0 Å². The van der Waals surface area contributed by atoms with Gasteiger partial charge in [0.15, 0.2) is 0 Å². The fourth-order valence-corrected chi connectivity index (χ4v) is 6.84. The molecule has 6 heteroatoms. The Balaban J connectivity index is 4.64. The van der Waals surface area contributed by atoms with Crippen LogP contribution in [0.25, 0.3) is 0 Å². The molecule has 0 saturated heterocycles. The molecule has 3 atom stereocenters. The summed E-state index contributed by atoms with van der Waals surface area (Å²) in [5, 5.41) is 23.7. The minimum Gasteiger partial charge on any atom is -0.462 e. The van der Waals surface area contributed by atoms with E-state index >= 15 is 0 Å². The number of carbonyl (C=O) groups excluding carboxylic acids is 2. The zero-order chi connectivity index (χ0) is 41.7. The predicted molar refractivity (Wildman–Crippen MR) is 245 cm³/mol. The fourth-order valence-electron chi connectivity index (χ4n) is 6.84. The monoisotopic (exact) mass is 796 g/mol. The van der Waals surface area contributed by atoms with Crippen molar-refractivity contribution in [2.45, 2.75) is 232 Å². The second-order valence-electron chi connectivity index (χ2n) is 15.8. The van der Waals surface area contributed by atoms with Crippen molar-refractivity contribution in [1.82, 2.24) is 5.32 Å². The second-order valence-corrected chi connectivity index (χ2v) is 15.8. The van der Waals surface area contributed by atoms with E-state index in [1.54, 1.807) is 0 Å². The minimum absolute atomic E-state index is 0.0258. The Kier molecular flexibility index (Phi) is 42.3. The van der Waals surface area contributed by atoms with Gasteiger partial charge in [-0.1, -0.05) is 209 Å². The number of aliphatic hydroxyl groups is 2. The summed E-state index contributed by atoms with van der Waals surface area (Å²) in [6.45, 7) is 6.20. The molecule has 0 aromatic carbocycles. The Morgan fingerprint density at radius 2 is 1.05 bits per heavy atom. The molecule has 0 radical (unpaired) electrons. The van der Waals surface area contributed by atoms with Crippen LogP contribution >= 0.6 is 0 Å². The van der Waals surface area contributed by atoms with Crippen molar-refractivity contribution >= 4 is 11.9 Å². The van der Waals surface area contributed by atoms with Crippen molar-refractivity contribution < 1.29 is 24.5 Å². The molecule has 0 aromatic heterocycles. The number of esters is 1. The van der Waals surface area contributed by atoms with Gasteiger partial charge >= 0.3 is 5.97 Å². The third-order valence-corrected chi connectivity index (χ3v) is 10.4. The van der Waals surface area contributed by atoms with Gasteiger partial charge in [0, 0.05) is 6.42 Å². The van der Waals surface area contributed by atoms with Crippen LogP contribution in [0.1, 0.15) is 213 Å². The maximum absolute atomic E-state index is 13.1. The standard InChI is InChI=1S/C51H89NO5/c1-4-7-10-13-16-19-22-24-26-29-32-35-38-41-44-51(56)57-47(42-39-36-33-30-27-21-18-15-12-9-6-3)45-50(55)52-48(46-53)49(54)43-40-37-34-31-28-25-23-20-17-14-11-8-5-2/h7,9-10,12,15-16,18-19,21,27,30,33,47-49,53-54H,4-6,8,11,13-14,17,20,22-26,28-29,31-32,34-46H2,1-3H3,(H,52,55)/b10-7+,12-9+,18-15+,19-16+,27-21-,33-30-. The van der Waals surface area contributed by atoms with Gasteiger partial charge in [0.1, 0.15) is 6.10 Å². The van der Waals surface area contributed by atoms with E-state index in [0.29, 0.717) is 19.3 Å². The molecule has 0 heterocycles. The smallest absolute Gasteiger partial charge is 0.306 e. The molecular weight excluding hydrogens is 707 g/mol. The van der Waals surface area contributed by atoms with Crippen LogP contribution in [-0.2, 0) is 14.3 Å². The van der Waals surface area contributed by atoms with E-state index in [2.05, 4.69) is 62.5 Å². The van der Waals surface area contributed by atoms with Gasteiger partial charge in [-0.25, -0.2) is 0 Å². The Labute approximate surface area is 351 Å². The van der Waals surface area contributed by atoms with Gasteiger partial charge in [-0.15, -0.1) is 0 Å². The summed E-state index contributed by atoms with van der Waals surface area (Å²) in [5.74, 6) is -0.556. The van der Waals surface area contributed by atoms with E-state index in [1.807, 2.05) is 36.5 Å². The summed E-state index contributed by atoms with van der Waals surface area (Å²) in [7, 11) is 0. The van der Waals surface area contributed by atoms with Gasteiger partial charge in [-0.05, 0) is 64.2 Å². The van der Waals surface area contributed by atoms with Gasteiger partial charge in [0.05, 0.1) is 25.2 Å². The van der Waals surface area contributed by atoms with Crippen LogP contribution in [-0.4, -0.2) is 46.9 Å². The molecule has 0 aliphatic heterocycles. The first-order valence-electron chi connectivity index (χ1n) is 23.7. The molecule has 57 heavy (non-hydrogen) atoms. The Hall–Kier alpha value is -2.70. The van der Waals surface area contributed by atoms with Crippen LogP contribution in [0.15, 0.2) is 72.9 Å². The Bertz CT molecular complexity index is 1070. The summed E-state index contributed by atoms with van der Waals surface area (Å²) >= 11 is 0. The molecule has 0 aliphatic carbocycles. The first kappa shape index (κ1) is 54.3. The lowest BCUT2D eigenvalue weighted by atomic mass is 10.0. The highest BCUT2D eigenvalue weighted by molar-refractivity contribution is 5.77. The highest BCUT2D eigenvalue weighted by Crippen LogP contribution is 2.17. The van der Waals surface area contributed by atoms with E-state index < -0.39 is 18.2 Å². The quantitative estimate of drug-likeness (QED) is 0.0248. The third-order valence-electron chi connectivity index (χ3n) is 10.4. The van der Waals surface area contributed by atoms with E-state index in [9.17, 15) is 19.8 Å². The average Bonchev–Trinajstić information content (AvgIpc) is 3.20. The lowest BCUT2D eigenvalue weighted by Crippen LogP contribution is -2.46. The first-order chi connectivity index (χ1) is 28.0. The molecule has 3 N–H and O–H groups in total. The SMILES string of the molecule is CC/C=C/C=C/C=C\C=C/CCCC(CC(=O)NC(CO)C(O)CCCCCCCCCCCCCCC)OC(=O)CCCCCCCCC/C=C/C/C=C/CC. The summed E-state index contributed by atoms with van der Waals surface area (Å²) in [4.78, 5) is 26.0. The maximum atomic E-state index is 13.1. The van der Waals surface area contributed by atoms with Crippen molar-refractivity contribution in [2.75, 3.05) is 6.61 Å². The van der Waals surface area contributed by atoms with Gasteiger partial charge < -0.3 is 20.3 Å². The number of hydrogen-bond acceptors (Lipinski definition) is 5. The molecule has 0 bridgehead atoms. The molecule has 0 fully saturated rings. The normalized spacial score (nSPS) is 14.0. The number of unbranched alkanes of at least 4 members (excludes halogenated alkanes) is 20. The number of carbonyl (C=O) groups is 2.